The Balaban J connectivity index is 3.24. The fraction of sp³-hybridized carbons (Fsp3) is 1.00. The minimum absolute atomic E-state index is 0.0253. The Hall–Kier alpha value is -0.420. The van der Waals surface area contributed by atoms with E-state index in [4.69, 9.17) is 0 Å². The van der Waals surface area contributed by atoms with E-state index < -0.39 is 23.2 Å². The third-order valence-electron chi connectivity index (χ3n) is 4.30. The van der Waals surface area contributed by atoms with Gasteiger partial charge in [-0.1, -0.05) is 26.2 Å². The van der Waals surface area contributed by atoms with E-state index in [-0.39, 0.29) is 12.8 Å². The van der Waals surface area contributed by atoms with Gasteiger partial charge in [-0.05, 0) is 25.2 Å². The zero-order valence-corrected chi connectivity index (χ0v) is 9.80. The molecular weight excluding hydrogens is 246 g/mol. The van der Waals surface area contributed by atoms with Gasteiger partial charge in [-0.25, -0.2) is 0 Å². The average Bonchev–Trinajstić information content (AvgIpc) is 2.14. The van der Waals surface area contributed by atoms with Gasteiger partial charge in [0.05, 0.1) is 0 Å². The summed E-state index contributed by atoms with van der Waals surface area (Å²) in [4.78, 5) is 0. The molecule has 0 saturated heterocycles. The summed E-state index contributed by atoms with van der Waals surface area (Å²) in [7, 11) is 0. The van der Waals surface area contributed by atoms with Gasteiger partial charge >= 0.3 is 12.4 Å². The molecule has 0 unspecified atom stereocenters. The van der Waals surface area contributed by atoms with Gasteiger partial charge in [0.15, 0.2) is 5.41 Å². The van der Waals surface area contributed by atoms with Gasteiger partial charge in [-0.15, -0.1) is 0 Å². The molecule has 0 radical (unpaired) electrons. The Morgan fingerprint density at radius 3 is 1.41 bits per heavy atom. The molecule has 0 spiro atoms. The molecule has 1 aliphatic rings. The molecule has 0 heterocycles. The van der Waals surface area contributed by atoms with E-state index in [1.165, 1.54) is 0 Å². The second-order valence-electron chi connectivity index (χ2n) is 5.24. The van der Waals surface area contributed by atoms with Crippen molar-refractivity contribution in [2.24, 2.45) is 10.8 Å². The molecule has 1 aliphatic carbocycles. The van der Waals surface area contributed by atoms with Gasteiger partial charge in [0.25, 0.3) is 0 Å². The largest absolute Gasteiger partial charge is 0.403 e. The maximum absolute atomic E-state index is 12.9. The number of rotatable bonds is 1. The summed E-state index contributed by atoms with van der Waals surface area (Å²) < 4.78 is 77.5. The van der Waals surface area contributed by atoms with Crippen molar-refractivity contribution in [1.82, 2.24) is 0 Å². The van der Waals surface area contributed by atoms with Crippen LogP contribution in [0.25, 0.3) is 0 Å². The van der Waals surface area contributed by atoms with Gasteiger partial charge in [0, 0.05) is 0 Å². The maximum atomic E-state index is 12.9. The summed E-state index contributed by atoms with van der Waals surface area (Å²) in [6.45, 7) is 1.42. The van der Waals surface area contributed by atoms with E-state index in [2.05, 4.69) is 0 Å². The third kappa shape index (κ3) is 2.15. The first kappa shape index (κ1) is 14.6. The summed E-state index contributed by atoms with van der Waals surface area (Å²) in [6.07, 6.45) is -9.02. The van der Waals surface area contributed by atoms with Gasteiger partial charge in [0.2, 0.25) is 0 Å². The number of hydrogen-bond acceptors (Lipinski definition) is 0. The van der Waals surface area contributed by atoms with Crippen molar-refractivity contribution < 1.29 is 26.3 Å². The molecule has 1 saturated carbocycles. The molecule has 0 atom stereocenters. The maximum Gasteiger partial charge on any atom is 0.403 e. The highest BCUT2D eigenvalue weighted by Crippen LogP contribution is 2.64. The highest BCUT2D eigenvalue weighted by molar-refractivity contribution is 5.03. The van der Waals surface area contributed by atoms with Crippen LogP contribution in [0.1, 0.15) is 46.0 Å². The molecule has 17 heavy (non-hydrogen) atoms. The first-order chi connectivity index (χ1) is 7.46. The molecule has 0 aromatic carbocycles. The first-order valence-corrected chi connectivity index (χ1v) is 5.59. The highest BCUT2D eigenvalue weighted by Gasteiger charge is 2.74. The normalized spacial score (nSPS) is 22.6. The summed E-state index contributed by atoms with van der Waals surface area (Å²) in [5.74, 6) is 0. The van der Waals surface area contributed by atoms with E-state index in [0.717, 1.165) is 6.92 Å². The molecular formula is C11H16F6. The van der Waals surface area contributed by atoms with Crippen LogP contribution in [0.3, 0.4) is 0 Å². The fourth-order valence-corrected chi connectivity index (χ4v) is 2.68. The van der Waals surface area contributed by atoms with Crippen molar-refractivity contribution in [1.29, 1.82) is 0 Å². The van der Waals surface area contributed by atoms with E-state index in [0.29, 0.717) is 26.2 Å². The number of halogens is 6. The minimum Gasteiger partial charge on any atom is -0.170 e. The molecule has 102 valence electrons. The Morgan fingerprint density at radius 1 is 0.765 bits per heavy atom. The molecule has 1 fully saturated rings. The zero-order chi connectivity index (χ0) is 13.5. The van der Waals surface area contributed by atoms with E-state index in [1.54, 1.807) is 0 Å². The van der Waals surface area contributed by atoms with Crippen molar-refractivity contribution >= 4 is 0 Å². The summed E-state index contributed by atoms with van der Waals surface area (Å²) >= 11 is 0. The van der Waals surface area contributed by atoms with Crippen LogP contribution in [0.2, 0.25) is 0 Å². The highest BCUT2D eigenvalue weighted by atomic mass is 19.4. The minimum atomic E-state index is -5.27. The Labute approximate surface area is 96.4 Å². The number of hydrogen-bond donors (Lipinski definition) is 0. The molecule has 0 N–H and O–H groups in total. The van der Waals surface area contributed by atoms with Crippen LogP contribution < -0.4 is 0 Å². The Morgan fingerprint density at radius 2 is 1.12 bits per heavy atom. The van der Waals surface area contributed by atoms with Crippen molar-refractivity contribution in [3.63, 3.8) is 0 Å². The van der Waals surface area contributed by atoms with E-state index in [1.807, 2.05) is 0 Å². The summed E-state index contributed by atoms with van der Waals surface area (Å²) in [5.41, 5.74) is -5.37. The van der Waals surface area contributed by atoms with Crippen LogP contribution in [0.4, 0.5) is 26.3 Å². The van der Waals surface area contributed by atoms with E-state index >= 15 is 0 Å². The van der Waals surface area contributed by atoms with Crippen molar-refractivity contribution in [2.45, 2.75) is 58.3 Å². The molecule has 0 bridgehead atoms. The lowest BCUT2D eigenvalue weighted by Crippen LogP contribution is -2.58. The van der Waals surface area contributed by atoms with Gasteiger partial charge in [0.1, 0.15) is 0 Å². The van der Waals surface area contributed by atoms with Crippen LogP contribution in [0.5, 0.6) is 0 Å². The quantitative estimate of drug-likeness (QED) is 0.577. The Kier molecular flexibility index (Phi) is 3.49. The molecule has 0 aromatic heterocycles. The first-order valence-electron chi connectivity index (χ1n) is 5.59. The van der Waals surface area contributed by atoms with Crippen molar-refractivity contribution in [3.05, 3.63) is 0 Å². The summed E-state index contributed by atoms with van der Waals surface area (Å²) in [6, 6.07) is 0. The van der Waals surface area contributed by atoms with Gasteiger partial charge < -0.3 is 0 Å². The van der Waals surface area contributed by atoms with Crippen LogP contribution >= 0.6 is 0 Å². The van der Waals surface area contributed by atoms with Gasteiger partial charge in [-0.3, -0.25) is 0 Å². The zero-order valence-electron chi connectivity index (χ0n) is 9.80. The van der Waals surface area contributed by atoms with Crippen molar-refractivity contribution in [3.8, 4) is 0 Å². The molecule has 0 aliphatic heterocycles. The van der Waals surface area contributed by atoms with Crippen molar-refractivity contribution in [2.75, 3.05) is 0 Å². The molecule has 0 nitrogen and oxygen atoms in total. The molecule has 1 rings (SSSR count). The van der Waals surface area contributed by atoms with Crippen LogP contribution in [-0.2, 0) is 0 Å². The third-order valence-corrected chi connectivity index (χ3v) is 4.30. The number of alkyl halides is 6. The second kappa shape index (κ2) is 4.05. The predicted molar refractivity (Wildman–Crippen MR) is 51.4 cm³/mol. The molecule has 0 amide bonds. The lowest BCUT2D eigenvalue weighted by molar-refractivity contribution is -0.372. The fourth-order valence-electron chi connectivity index (χ4n) is 2.68. The molecule has 0 aromatic rings. The smallest absolute Gasteiger partial charge is 0.170 e. The topological polar surface area (TPSA) is 0 Å². The predicted octanol–water partition coefficient (Wildman–Crippen LogP) is 5.09. The molecule has 6 heteroatoms. The Bertz CT molecular complexity index is 255. The van der Waals surface area contributed by atoms with Crippen LogP contribution in [0, 0.1) is 10.8 Å². The van der Waals surface area contributed by atoms with E-state index in [9.17, 15) is 26.3 Å². The lowest BCUT2D eigenvalue weighted by Gasteiger charge is -2.50. The lowest BCUT2D eigenvalue weighted by atomic mass is 9.58. The van der Waals surface area contributed by atoms with Crippen LogP contribution in [0.15, 0.2) is 0 Å². The van der Waals surface area contributed by atoms with Crippen LogP contribution in [-0.4, -0.2) is 12.4 Å². The standard InChI is InChI=1S/C11H16F6/c1-8(6-4-3-5-7-8)9(2,10(12,13)14)11(15,16)17/h3-7H2,1-2H3. The average molecular weight is 262 g/mol. The second-order valence-corrected chi connectivity index (χ2v) is 5.24. The monoisotopic (exact) mass is 262 g/mol. The SMILES string of the molecule is CC1(C(C)(C(F)(F)F)C(F)(F)F)CCCCC1. The van der Waals surface area contributed by atoms with Gasteiger partial charge in [-0.2, -0.15) is 26.3 Å². The summed E-state index contributed by atoms with van der Waals surface area (Å²) in [5, 5.41) is 0.